The molecular formula is C11H10N2O3. The molecule has 16 heavy (non-hydrogen) atoms. The third-order valence-electron chi connectivity index (χ3n) is 2.45. The van der Waals surface area contributed by atoms with Gasteiger partial charge >= 0.3 is 5.97 Å². The highest BCUT2D eigenvalue weighted by Gasteiger charge is 2.26. The third kappa shape index (κ3) is 1.60. The van der Waals surface area contributed by atoms with Crippen LogP contribution in [0.15, 0.2) is 32.9 Å². The predicted molar refractivity (Wildman–Crippen MR) is 58.6 cm³/mol. The summed E-state index contributed by atoms with van der Waals surface area (Å²) in [6, 6.07) is 0. The number of amidine groups is 1. The van der Waals surface area contributed by atoms with Gasteiger partial charge < -0.3 is 5.11 Å². The third-order valence-corrected chi connectivity index (χ3v) is 2.45. The lowest BCUT2D eigenvalue weighted by molar-refractivity contribution is -0.135. The lowest BCUT2D eigenvalue weighted by Crippen LogP contribution is -2.13. The summed E-state index contributed by atoms with van der Waals surface area (Å²) in [5.41, 5.74) is 2.23. The Morgan fingerprint density at radius 3 is 2.69 bits per heavy atom. The second-order valence-electron chi connectivity index (χ2n) is 3.73. The first-order chi connectivity index (χ1) is 7.49. The zero-order valence-electron chi connectivity index (χ0n) is 8.94. The van der Waals surface area contributed by atoms with Crippen LogP contribution in [0.25, 0.3) is 0 Å². The first-order valence-electron chi connectivity index (χ1n) is 4.81. The summed E-state index contributed by atoms with van der Waals surface area (Å²) in [6.45, 7) is 3.39. The number of aliphatic carboxylic acids is 1. The topological polar surface area (TPSA) is 79.1 Å². The van der Waals surface area contributed by atoms with Gasteiger partial charge in [0.2, 0.25) is 0 Å². The van der Waals surface area contributed by atoms with E-state index >= 15 is 0 Å². The maximum absolute atomic E-state index is 11.6. The normalized spacial score (nSPS) is 19.1. The molecule has 0 amide bonds. The van der Waals surface area contributed by atoms with E-state index in [0.29, 0.717) is 22.6 Å². The number of carbonyl (C=O) groups excluding carboxylic acids is 1. The monoisotopic (exact) mass is 218 g/mol. The van der Waals surface area contributed by atoms with Crippen LogP contribution in [-0.2, 0) is 9.59 Å². The fourth-order valence-corrected chi connectivity index (χ4v) is 1.67. The number of carboxylic acid groups (broad SMARTS) is 1. The van der Waals surface area contributed by atoms with Crippen LogP contribution in [-0.4, -0.2) is 28.4 Å². The van der Waals surface area contributed by atoms with E-state index < -0.39 is 5.97 Å². The highest BCUT2D eigenvalue weighted by Crippen LogP contribution is 2.24. The molecule has 0 aromatic heterocycles. The van der Waals surface area contributed by atoms with Crippen molar-refractivity contribution in [1.82, 2.24) is 0 Å². The van der Waals surface area contributed by atoms with Crippen LogP contribution in [0.4, 0.5) is 0 Å². The Bertz CT molecular complexity index is 521. The number of rotatable bonds is 2. The van der Waals surface area contributed by atoms with Crippen molar-refractivity contribution in [3.63, 3.8) is 0 Å². The molecule has 0 bridgehead atoms. The Morgan fingerprint density at radius 1 is 1.38 bits per heavy atom. The molecule has 2 aliphatic rings. The highest BCUT2D eigenvalue weighted by atomic mass is 16.4. The van der Waals surface area contributed by atoms with E-state index in [0.717, 1.165) is 0 Å². The van der Waals surface area contributed by atoms with Crippen molar-refractivity contribution in [2.45, 2.75) is 20.3 Å². The number of fused-ring (bicyclic) bond motifs is 1. The SMILES string of the molecule is CC1=CC2=NC(CC(=O)O)=NC2=C(C)C1=O. The minimum atomic E-state index is -0.980. The molecule has 82 valence electrons. The van der Waals surface area contributed by atoms with Gasteiger partial charge in [0, 0.05) is 5.57 Å². The minimum Gasteiger partial charge on any atom is -0.481 e. The van der Waals surface area contributed by atoms with Gasteiger partial charge in [-0.1, -0.05) is 0 Å². The number of nitrogens with zero attached hydrogens (tertiary/aromatic N) is 2. The summed E-state index contributed by atoms with van der Waals surface area (Å²) < 4.78 is 0. The summed E-state index contributed by atoms with van der Waals surface area (Å²) in [6.07, 6.45) is 1.42. The standard InChI is InChI=1S/C11H10N2O3/c1-5-3-7-10(6(2)11(5)16)13-8(12-7)4-9(14)15/h3H,4H2,1-2H3,(H,14,15). The molecule has 0 saturated heterocycles. The molecule has 0 atom stereocenters. The minimum absolute atomic E-state index is 0.0609. The molecule has 5 heteroatoms. The van der Waals surface area contributed by atoms with Crippen molar-refractivity contribution in [2.24, 2.45) is 9.98 Å². The molecule has 2 rings (SSSR count). The van der Waals surface area contributed by atoms with E-state index in [1.807, 2.05) is 0 Å². The van der Waals surface area contributed by atoms with Crippen molar-refractivity contribution in [3.8, 4) is 0 Å². The molecule has 0 radical (unpaired) electrons. The lowest BCUT2D eigenvalue weighted by atomic mass is 9.95. The van der Waals surface area contributed by atoms with Gasteiger partial charge in [-0.15, -0.1) is 0 Å². The van der Waals surface area contributed by atoms with Crippen molar-refractivity contribution in [2.75, 3.05) is 0 Å². The quantitative estimate of drug-likeness (QED) is 0.705. The predicted octanol–water partition coefficient (Wildman–Crippen LogP) is 1.12. The molecule has 5 nitrogen and oxygen atoms in total. The smallest absolute Gasteiger partial charge is 0.311 e. The highest BCUT2D eigenvalue weighted by molar-refractivity contribution is 6.29. The van der Waals surface area contributed by atoms with Gasteiger partial charge in [-0.2, -0.15) is 0 Å². The van der Waals surface area contributed by atoms with Gasteiger partial charge in [-0.25, -0.2) is 9.98 Å². The van der Waals surface area contributed by atoms with Gasteiger partial charge in [0.15, 0.2) is 5.78 Å². The Balaban J connectivity index is 2.42. The molecule has 1 aliphatic heterocycles. The largest absolute Gasteiger partial charge is 0.481 e. The molecule has 0 spiro atoms. The zero-order valence-corrected chi connectivity index (χ0v) is 8.94. The molecule has 0 saturated carbocycles. The van der Waals surface area contributed by atoms with E-state index in [4.69, 9.17) is 5.11 Å². The van der Waals surface area contributed by atoms with Crippen LogP contribution in [0.3, 0.4) is 0 Å². The molecule has 0 fully saturated rings. The Morgan fingerprint density at radius 2 is 2.06 bits per heavy atom. The number of carbonyl (C=O) groups is 2. The van der Waals surface area contributed by atoms with Crippen molar-refractivity contribution in [1.29, 1.82) is 0 Å². The summed E-state index contributed by atoms with van der Waals surface area (Å²) in [5, 5.41) is 8.63. The van der Waals surface area contributed by atoms with Crippen LogP contribution >= 0.6 is 0 Å². The van der Waals surface area contributed by atoms with Gasteiger partial charge in [0.05, 0.1) is 11.4 Å². The van der Waals surface area contributed by atoms with Gasteiger partial charge in [0.1, 0.15) is 12.3 Å². The number of carboxylic acids is 1. The molecule has 0 aromatic rings. The average molecular weight is 218 g/mol. The molecule has 0 unspecified atom stereocenters. The summed E-state index contributed by atoms with van der Waals surface area (Å²) in [4.78, 5) is 30.3. The van der Waals surface area contributed by atoms with Crippen LogP contribution in [0.2, 0.25) is 0 Å². The summed E-state index contributed by atoms with van der Waals surface area (Å²) in [7, 11) is 0. The molecule has 1 aliphatic carbocycles. The van der Waals surface area contributed by atoms with Crippen LogP contribution in [0.1, 0.15) is 20.3 Å². The number of ketones is 1. The van der Waals surface area contributed by atoms with Crippen molar-refractivity contribution in [3.05, 3.63) is 22.9 Å². The second-order valence-corrected chi connectivity index (χ2v) is 3.73. The summed E-state index contributed by atoms with van der Waals surface area (Å²) >= 11 is 0. The fraction of sp³-hybridized carbons (Fsp3) is 0.273. The van der Waals surface area contributed by atoms with Crippen molar-refractivity contribution >= 4 is 23.3 Å². The maximum atomic E-state index is 11.6. The second kappa shape index (κ2) is 3.52. The lowest BCUT2D eigenvalue weighted by Gasteiger charge is -2.10. The molecule has 1 heterocycles. The first-order valence-corrected chi connectivity index (χ1v) is 4.81. The molecule has 0 aromatic carbocycles. The Kier molecular flexibility index (Phi) is 2.30. The summed E-state index contributed by atoms with van der Waals surface area (Å²) in [5.74, 6) is -0.795. The number of allylic oxidation sites excluding steroid dienone is 3. The number of aliphatic imine (C=N–C) groups is 2. The van der Waals surface area contributed by atoms with E-state index in [1.54, 1.807) is 19.9 Å². The molecular weight excluding hydrogens is 208 g/mol. The fourth-order valence-electron chi connectivity index (χ4n) is 1.67. The number of hydrogen-bond acceptors (Lipinski definition) is 4. The number of Topliss-reactive ketones (excluding diaryl/α,β-unsaturated/α-hetero) is 1. The average Bonchev–Trinajstić information content (AvgIpc) is 2.56. The van der Waals surface area contributed by atoms with E-state index in [2.05, 4.69) is 9.98 Å². The van der Waals surface area contributed by atoms with Gasteiger partial charge in [0.25, 0.3) is 0 Å². The van der Waals surface area contributed by atoms with E-state index in [1.165, 1.54) is 0 Å². The first kappa shape index (κ1) is 10.5. The maximum Gasteiger partial charge on any atom is 0.311 e. The van der Waals surface area contributed by atoms with E-state index in [-0.39, 0.29) is 18.0 Å². The van der Waals surface area contributed by atoms with E-state index in [9.17, 15) is 9.59 Å². The van der Waals surface area contributed by atoms with Crippen LogP contribution in [0, 0.1) is 0 Å². The molecule has 1 N–H and O–H groups in total. The van der Waals surface area contributed by atoms with Crippen molar-refractivity contribution < 1.29 is 14.7 Å². The van der Waals surface area contributed by atoms with Gasteiger partial charge in [-0.3, -0.25) is 9.59 Å². The zero-order chi connectivity index (χ0) is 11.9. The number of hydrogen-bond donors (Lipinski definition) is 1. The van der Waals surface area contributed by atoms with Crippen LogP contribution < -0.4 is 0 Å². The Hall–Kier alpha value is -2.04. The van der Waals surface area contributed by atoms with Crippen LogP contribution in [0.5, 0.6) is 0 Å². The Labute approximate surface area is 91.9 Å². The van der Waals surface area contributed by atoms with Gasteiger partial charge in [-0.05, 0) is 25.5 Å².